The van der Waals surface area contributed by atoms with Crippen LogP contribution in [0.1, 0.15) is 31.4 Å². The predicted octanol–water partition coefficient (Wildman–Crippen LogP) is 1.18. The zero-order chi connectivity index (χ0) is 12.4. The van der Waals surface area contributed by atoms with Gasteiger partial charge in [0, 0.05) is 57.1 Å². The fourth-order valence-electron chi connectivity index (χ4n) is 3.54. The SMILES string of the molecule is Cn1nccc1CCN1CCNC2(CCCC2)C1. The quantitative estimate of drug-likeness (QED) is 0.872. The number of nitrogens with zero attached hydrogens (tertiary/aromatic N) is 3. The summed E-state index contributed by atoms with van der Waals surface area (Å²) in [5.41, 5.74) is 1.79. The maximum atomic E-state index is 4.24. The highest BCUT2D eigenvalue weighted by atomic mass is 15.3. The molecule has 0 bridgehead atoms. The van der Waals surface area contributed by atoms with E-state index in [9.17, 15) is 0 Å². The molecule has 1 N–H and O–H groups in total. The van der Waals surface area contributed by atoms with Gasteiger partial charge in [-0.15, -0.1) is 0 Å². The number of hydrogen-bond acceptors (Lipinski definition) is 3. The van der Waals surface area contributed by atoms with Gasteiger partial charge in [-0.25, -0.2) is 0 Å². The van der Waals surface area contributed by atoms with E-state index in [2.05, 4.69) is 21.4 Å². The molecular formula is C14H24N4. The summed E-state index contributed by atoms with van der Waals surface area (Å²) >= 11 is 0. The van der Waals surface area contributed by atoms with Crippen LogP contribution in [0.15, 0.2) is 12.3 Å². The highest BCUT2D eigenvalue weighted by Gasteiger charge is 2.37. The smallest absolute Gasteiger partial charge is 0.0492 e. The summed E-state index contributed by atoms with van der Waals surface area (Å²) in [7, 11) is 2.03. The van der Waals surface area contributed by atoms with Crippen LogP contribution in [-0.4, -0.2) is 46.4 Å². The van der Waals surface area contributed by atoms with Gasteiger partial charge in [-0.3, -0.25) is 9.58 Å². The minimum Gasteiger partial charge on any atom is -0.309 e. The average Bonchev–Trinajstić information content (AvgIpc) is 2.97. The Morgan fingerprint density at radius 2 is 2.22 bits per heavy atom. The molecule has 1 spiro atoms. The van der Waals surface area contributed by atoms with Crippen molar-refractivity contribution in [2.45, 2.75) is 37.6 Å². The van der Waals surface area contributed by atoms with E-state index in [-0.39, 0.29) is 0 Å². The summed E-state index contributed by atoms with van der Waals surface area (Å²) < 4.78 is 1.99. The van der Waals surface area contributed by atoms with E-state index in [1.54, 1.807) is 0 Å². The third-order valence-electron chi connectivity index (χ3n) is 4.62. The number of nitrogens with one attached hydrogen (secondary N) is 1. The average molecular weight is 248 g/mol. The Balaban J connectivity index is 1.55. The van der Waals surface area contributed by atoms with Crippen molar-refractivity contribution >= 4 is 0 Å². The number of hydrogen-bond donors (Lipinski definition) is 1. The van der Waals surface area contributed by atoms with E-state index in [1.165, 1.54) is 51.0 Å². The third-order valence-corrected chi connectivity index (χ3v) is 4.62. The molecule has 1 saturated carbocycles. The molecule has 0 radical (unpaired) electrons. The second-order valence-corrected chi connectivity index (χ2v) is 5.89. The summed E-state index contributed by atoms with van der Waals surface area (Å²) in [6, 6.07) is 2.13. The largest absolute Gasteiger partial charge is 0.309 e. The fourth-order valence-corrected chi connectivity index (χ4v) is 3.54. The lowest BCUT2D eigenvalue weighted by Crippen LogP contribution is -2.59. The molecule has 1 aromatic rings. The maximum Gasteiger partial charge on any atom is 0.0492 e. The normalized spacial score (nSPS) is 23.8. The first-order valence-corrected chi connectivity index (χ1v) is 7.22. The van der Waals surface area contributed by atoms with Crippen molar-refractivity contribution in [1.29, 1.82) is 0 Å². The Kier molecular flexibility index (Phi) is 3.39. The minimum absolute atomic E-state index is 0.449. The van der Waals surface area contributed by atoms with Crippen molar-refractivity contribution in [3.8, 4) is 0 Å². The van der Waals surface area contributed by atoms with E-state index in [0.29, 0.717) is 5.54 Å². The Labute approximate surface area is 109 Å². The van der Waals surface area contributed by atoms with Crippen LogP contribution in [0.2, 0.25) is 0 Å². The molecule has 0 amide bonds. The van der Waals surface area contributed by atoms with E-state index >= 15 is 0 Å². The molecular weight excluding hydrogens is 224 g/mol. The maximum absolute atomic E-state index is 4.24. The van der Waals surface area contributed by atoms with Crippen LogP contribution >= 0.6 is 0 Å². The van der Waals surface area contributed by atoms with Gasteiger partial charge in [-0.1, -0.05) is 12.8 Å². The molecule has 1 saturated heterocycles. The van der Waals surface area contributed by atoms with E-state index in [4.69, 9.17) is 0 Å². The summed E-state index contributed by atoms with van der Waals surface area (Å²) in [5, 5.41) is 8.01. The van der Waals surface area contributed by atoms with Crippen LogP contribution in [0.4, 0.5) is 0 Å². The van der Waals surface area contributed by atoms with Crippen molar-refractivity contribution in [3.05, 3.63) is 18.0 Å². The van der Waals surface area contributed by atoms with Gasteiger partial charge in [0.25, 0.3) is 0 Å². The topological polar surface area (TPSA) is 33.1 Å². The first-order valence-electron chi connectivity index (χ1n) is 7.22. The summed E-state index contributed by atoms with van der Waals surface area (Å²) in [6.07, 6.45) is 8.56. The van der Waals surface area contributed by atoms with Gasteiger partial charge in [0.15, 0.2) is 0 Å². The number of rotatable bonds is 3. The van der Waals surface area contributed by atoms with Gasteiger partial charge in [0.2, 0.25) is 0 Å². The van der Waals surface area contributed by atoms with E-state index in [1.807, 2.05) is 17.9 Å². The first kappa shape index (κ1) is 12.2. The van der Waals surface area contributed by atoms with Crippen LogP contribution < -0.4 is 5.32 Å². The van der Waals surface area contributed by atoms with Crippen LogP contribution in [0, 0.1) is 0 Å². The van der Waals surface area contributed by atoms with Crippen LogP contribution in [0.25, 0.3) is 0 Å². The van der Waals surface area contributed by atoms with Crippen molar-refractivity contribution in [2.24, 2.45) is 7.05 Å². The van der Waals surface area contributed by atoms with Crippen molar-refractivity contribution in [2.75, 3.05) is 26.2 Å². The number of aryl methyl sites for hydroxylation is 1. The second kappa shape index (κ2) is 5.02. The lowest BCUT2D eigenvalue weighted by Gasteiger charge is -2.41. The Hall–Kier alpha value is -0.870. The zero-order valence-corrected chi connectivity index (χ0v) is 11.4. The molecule has 100 valence electrons. The number of piperazine rings is 1. The highest BCUT2D eigenvalue weighted by Crippen LogP contribution is 2.31. The Bertz CT molecular complexity index is 392. The molecule has 2 aliphatic rings. The standard InChI is InChI=1S/C14H24N4/c1-17-13(4-8-16-17)5-10-18-11-9-15-14(12-18)6-2-3-7-14/h4,8,15H,2-3,5-7,9-12H2,1H3. The van der Waals surface area contributed by atoms with E-state index < -0.39 is 0 Å². The van der Waals surface area contributed by atoms with Crippen LogP contribution in [0.3, 0.4) is 0 Å². The second-order valence-electron chi connectivity index (χ2n) is 5.89. The zero-order valence-electron chi connectivity index (χ0n) is 11.4. The molecule has 0 unspecified atom stereocenters. The Morgan fingerprint density at radius 3 is 2.94 bits per heavy atom. The third kappa shape index (κ3) is 2.45. The minimum atomic E-state index is 0.449. The fraction of sp³-hybridized carbons (Fsp3) is 0.786. The molecule has 4 nitrogen and oxygen atoms in total. The van der Waals surface area contributed by atoms with Gasteiger partial charge in [0.05, 0.1) is 0 Å². The van der Waals surface area contributed by atoms with Gasteiger partial charge >= 0.3 is 0 Å². The van der Waals surface area contributed by atoms with Crippen molar-refractivity contribution in [3.63, 3.8) is 0 Å². The van der Waals surface area contributed by atoms with Crippen LogP contribution in [-0.2, 0) is 13.5 Å². The first-order chi connectivity index (χ1) is 8.77. The molecule has 1 aliphatic carbocycles. The number of aromatic nitrogens is 2. The monoisotopic (exact) mass is 248 g/mol. The molecule has 2 heterocycles. The van der Waals surface area contributed by atoms with Crippen LogP contribution in [0.5, 0.6) is 0 Å². The molecule has 0 aromatic carbocycles. The molecule has 3 rings (SSSR count). The highest BCUT2D eigenvalue weighted by molar-refractivity contribution is 5.02. The summed E-state index contributed by atoms with van der Waals surface area (Å²) in [4.78, 5) is 2.63. The van der Waals surface area contributed by atoms with Crippen molar-refractivity contribution in [1.82, 2.24) is 20.0 Å². The van der Waals surface area contributed by atoms with Crippen molar-refractivity contribution < 1.29 is 0 Å². The van der Waals surface area contributed by atoms with E-state index in [0.717, 1.165) is 13.0 Å². The van der Waals surface area contributed by atoms with Gasteiger partial charge in [-0.2, -0.15) is 5.10 Å². The summed E-state index contributed by atoms with van der Waals surface area (Å²) in [5.74, 6) is 0. The van der Waals surface area contributed by atoms with Gasteiger partial charge in [0.1, 0.15) is 0 Å². The Morgan fingerprint density at radius 1 is 1.39 bits per heavy atom. The molecule has 18 heavy (non-hydrogen) atoms. The molecule has 0 atom stereocenters. The predicted molar refractivity (Wildman–Crippen MR) is 72.6 cm³/mol. The lowest BCUT2D eigenvalue weighted by molar-refractivity contribution is 0.135. The molecule has 2 fully saturated rings. The molecule has 4 heteroatoms. The lowest BCUT2D eigenvalue weighted by atomic mass is 9.94. The van der Waals surface area contributed by atoms with Gasteiger partial charge in [-0.05, 0) is 18.9 Å². The van der Waals surface area contributed by atoms with Gasteiger partial charge < -0.3 is 5.32 Å². The molecule has 1 aliphatic heterocycles. The summed E-state index contributed by atoms with van der Waals surface area (Å²) in [6.45, 7) is 4.76. The molecule has 1 aromatic heterocycles.